The van der Waals surface area contributed by atoms with Crippen LogP contribution in [0.2, 0.25) is 0 Å². The summed E-state index contributed by atoms with van der Waals surface area (Å²) in [5.74, 6) is 0.492. The van der Waals surface area contributed by atoms with Gasteiger partial charge >= 0.3 is 0 Å². The number of hydrogen-bond acceptors (Lipinski definition) is 5. The molecule has 0 bridgehead atoms. The van der Waals surface area contributed by atoms with Crippen molar-refractivity contribution >= 4 is 37.4 Å². The van der Waals surface area contributed by atoms with Crippen molar-refractivity contribution in [1.29, 1.82) is 0 Å². The summed E-state index contributed by atoms with van der Waals surface area (Å²) in [5.41, 5.74) is 1.38. The predicted octanol–water partition coefficient (Wildman–Crippen LogP) is 4.91. The van der Waals surface area contributed by atoms with E-state index in [0.29, 0.717) is 22.6 Å². The number of aryl methyl sites for hydroxylation is 1. The third-order valence-corrected chi connectivity index (χ3v) is 5.76. The van der Waals surface area contributed by atoms with E-state index < -0.39 is 15.7 Å². The highest BCUT2D eigenvalue weighted by Gasteiger charge is 2.16. The van der Waals surface area contributed by atoms with Crippen LogP contribution in [0.15, 0.2) is 70.0 Å². The van der Waals surface area contributed by atoms with Crippen LogP contribution in [0.3, 0.4) is 0 Å². The zero-order valence-electron chi connectivity index (χ0n) is 15.6. The Morgan fingerprint density at radius 2 is 1.66 bits per heavy atom. The van der Waals surface area contributed by atoms with Crippen molar-refractivity contribution in [3.05, 3.63) is 76.3 Å². The van der Waals surface area contributed by atoms with Crippen LogP contribution < -0.4 is 10.1 Å². The van der Waals surface area contributed by atoms with E-state index in [-0.39, 0.29) is 16.3 Å². The summed E-state index contributed by atoms with van der Waals surface area (Å²) in [6, 6.07) is 16.3. The Balaban J connectivity index is 1.79. The fourth-order valence-corrected chi connectivity index (χ4v) is 3.73. The first-order valence-corrected chi connectivity index (χ1v) is 11.2. The molecule has 0 saturated carbocycles. The highest BCUT2D eigenvalue weighted by Crippen LogP contribution is 2.28. The molecule has 0 heterocycles. The van der Waals surface area contributed by atoms with Crippen LogP contribution in [0.5, 0.6) is 17.2 Å². The zero-order valence-corrected chi connectivity index (χ0v) is 18.0. The Kier molecular flexibility index (Phi) is 5.95. The summed E-state index contributed by atoms with van der Waals surface area (Å²) in [6.07, 6.45) is 0.988. The summed E-state index contributed by atoms with van der Waals surface area (Å²) in [5, 5.41) is 12.4. The van der Waals surface area contributed by atoms with Crippen molar-refractivity contribution in [2.75, 3.05) is 11.6 Å². The summed E-state index contributed by atoms with van der Waals surface area (Å²) < 4.78 is 30.2. The Bertz CT molecular complexity index is 1170. The maximum Gasteiger partial charge on any atom is 0.255 e. The monoisotopic (exact) mass is 475 g/mol. The number of phenols is 1. The molecule has 0 unspecified atom stereocenters. The molecule has 0 atom stereocenters. The first-order chi connectivity index (χ1) is 13.6. The third kappa shape index (κ3) is 5.16. The van der Waals surface area contributed by atoms with Crippen molar-refractivity contribution < 1.29 is 23.1 Å². The van der Waals surface area contributed by atoms with Gasteiger partial charge in [-0.1, -0.05) is 15.9 Å². The molecule has 2 N–H and O–H groups in total. The summed E-state index contributed by atoms with van der Waals surface area (Å²) in [7, 11) is -3.62. The van der Waals surface area contributed by atoms with E-state index in [2.05, 4.69) is 21.2 Å². The number of benzene rings is 3. The largest absolute Gasteiger partial charge is 0.507 e. The van der Waals surface area contributed by atoms with E-state index in [9.17, 15) is 18.3 Å². The van der Waals surface area contributed by atoms with Crippen LogP contribution in [-0.2, 0) is 9.84 Å². The Hall–Kier alpha value is -2.84. The van der Waals surface area contributed by atoms with Crippen molar-refractivity contribution in [3.8, 4) is 17.2 Å². The topological polar surface area (TPSA) is 92.7 Å². The Labute approximate surface area is 177 Å². The predicted molar refractivity (Wildman–Crippen MR) is 115 cm³/mol. The highest BCUT2D eigenvalue weighted by atomic mass is 79.9. The van der Waals surface area contributed by atoms with Gasteiger partial charge in [0.15, 0.2) is 9.84 Å². The number of halogens is 1. The molecule has 0 aliphatic carbocycles. The number of ether oxygens (including phenoxy) is 1. The lowest BCUT2D eigenvalue weighted by atomic mass is 10.1. The number of amides is 1. The van der Waals surface area contributed by atoms with Gasteiger partial charge in [0.25, 0.3) is 5.91 Å². The molecule has 29 heavy (non-hydrogen) atoms. The van der Waals surface area contributed by atoms with E-state index in [1.54, 1.807) is 25.1 Å². The zero-order chi connectivity index (χ0) is 21.2. The average Bonchev–Trinajstić information content (AvgIpc) is 2.64. The first-order valence-electron chi connectivity index (χ1n) is 8.52. The van der Waals surface area contributed by atoms with Crippen molar-refractivity contribution in [2.45, 2.75) is 11.8 Å². The van der Waals surface area contributed by atoms with Gasteiger partial charge in [-0.3, -0.25) is 4.79 Å². The van der Waals surface area contributed by atoms with Gasteiger partial charge in [-0.15, -0.1) is 0 Å². The van der Waals surface area contributed by atoms with Crippen molar-refractivity contribution in [1.82, 2.24) is 0 Å². The maximum absolute atomic E-state index is 12.6. The second-order valence-electron chi connectivity index (χ2n) is 6.44. The molecule has 0 aliphatic heterocycles. The molecular weight excluding hydrogens is 458 g/mol. The van der Waals surface area contributed by atoms with Gasteiger partial charge in [0.1, 0.15) is 22.1 Å². The van der Waals surface area contributed by atoms with E-state index in [4.69, 9.17) is 4.74 Å². The lowest BCUT2D eigenvalue weighted by Gasteiger charge is -2.12. The van der Waals surface area contributed by atoms with Crippen LogP contribution in [0.25, 0.3) is 0 Å². The number of sulfone groups is 1. The molecular formula is C21H18BrNO5S. The number of rotatable bonds is 5. The minimum Gasteiger partial charge on any atom is -0.507 e. The fourth-order valence-electron chi connectivity index (χ4n) is 2.68. The molecule has 0 fully saturated rings. The molecule has 0 aliphatic rings. The normalized spacial score (nSPS) is 11.1. The molecule has 0 spiro atoms. The number of carbonyl (C=O) groups is 1. The molecule has 3 aromatic rings. The molecule has 6 nitrogen and oxygen atoms in total. The van der Waals surface area contributed by atoms with Crippen LogP contribution in [-0.4, -0.2) is 25.7 Å². The summed E-state index contributed by atoms with van der Waals surface area (Å²) in [4.78, 5) is 12.4. The molecule has 150 valence electrons. The quantitative estimate of drug-likeness (QED) is 0.511. The lowest BCUT2D eigenvalue weighted by Crippen LogP contribution is -2.13. The number of carbonyl (C=O) groups excluding carboxylic acids is 1. The molecule has 0 aromatic heterocycles. The van der Waals surface area contributed by atoms with E-state index >= 15 is 0 Å². The average molecular weight is 476 g/mol. The van der Waals surface area contributed by atoms with Gasteiger partial charge in [0, 0.05) is 22.0 Å². The minimum absolute atomic E-state index is 0.245. The smallest absolute Gasteiger partial charge is 0.255 e. The molecule has 0 saturated heterocycles. The number of hydrogen-bond donors (Lipinski definition) is 2. The second kappa shape index (κ2) is 8.26. The summed E-state index contributed by atoms with van der Waals surface area (Å²) in [6.45, 7) is 1.78. The maximum atomic E-state index is 12.6. The SMILES string of the molecule is Cc1cc(Oc2ccc(Br)cc2)ccc1C(=O)Nc1ccc(O)c(S(C)(=O)=O)c1. The van der Waals surface area contributed by atoms with Gasteiger partial charge in [0.2, 0.25) is 0 Å². The first kappa shape index (κ1) is 20.9. The van der Waals surface area contributed by atoms with Gasteiger partial charge in [-0.25, -0.2) is 8.42 Å². The van der Waals surface area contributed by atoms with Gasteiger partial charge in [-0.05, 0) is 73.2 Å². The van der Waals surface area contributed by atoms with Gasteiger partial charge in [0.05, 0.1) is 0 Å². The van der Waals surface area contributed by atoms with E-state index in [1.807, 2.05) is 24.3 Å². The van der Waals surface area contributed by atoms with Crippen LogP contribution >= 0.6 is 15.9 Å². The van der Waals surface area contributed by atoms with Crippen LogP contribution in [0, 0.1) is 6.92 Å². The fraction of sp³-hybridized carbons (Fsp3) is 0.0952. The molecule has 3 rings (SSSR count). The van der Waals surface area contributed by atoms with Crippen molar-refractivity contribution in [3.63, 3.8) is 0 Å². The standard InChI is InChI=1S/C21H18BrNO5S/c1-13-11-17(28-16-6-3-14(22)4-7-16)8-9-18(13)21(25)23-15-5-10-19(24)20(12-15)29(2,26)27/h3-12,24H,1-2H3,(H,23,25). The van der Waals surface area contributed by atoms with Crippen LogP contribution in [0.1, 0.15) is 15.9 Å². The molecule has 1 amide bonds. The number of anilines is 1. The van der Waals surface area contributed by atoms with E-state index in [1.165, 1.54) is 18.2 Å². The number of phenolic OH excluding ortho intramolecular Hbond substituents is 1. The second-order valence-corrected chi connectivity index (χ2v) is 9.34. The van der Waals surface area contributed by atoms with Gasteiger partial charge in [-0.2, -0.15) is 0 Å². The Morgan fingerprint density at radius 3 is 2.28 bits per heavy atom. The third-order valence-electron chi connectivity index (χ3n) is 4.11. The highest BCUT2D eigenvalue weighted by molar-refractivity contribution is 9.10. The Morgan fingerprint density at radius 1 is 1.00 bits per heavy atom. The summed E-state index contributed by atoms with van der Waals surface area (Å²) >= 11 is 3.37. The number of aromatic hydroxyl groups is 1. The minimum atomic E-state index is -3.62. The van der Waals surface area contributed by atoms with Crippen molar-refractivity contribution in [2.24, 2.45) is 0 Å². The van der Waals surface area contributed by atoms with Gasteiger partial charge < -0.3 is 15.2 Å². The molecule has 8 heteroatoms. The number of nitrogens with one attached hydrogen (secondary N) is 1. The lowest BCUT2D eigenvalue weighted by molar-refractivity contribution is 0.102. The molecule has 3 aromatic carbocycles. The van der Waals surface area contributed by atoms with Crippen LogP contribution in [0.4, 0.5) is 5.69 Å². The molecule has 0 radical (unpaired) electrons. The van der Waals surface area contributed by atoms with E-state index in [0.717, 1.165) is 10.7 Å².